The van der Waals surface area contributed by atoms with Gasteiger partial charge >= 0.3 is 0 Å². The lowest BCUT2D eigenvalue weighted by molar-refractivity contribution is -0.300. The molecule has 1 fully saturated rings. The third-order valence-electron chi connectivity index (χ3n) is 2.76. The highest BCUT2D eigenvalue weighted by atomic mass is 16.7. The average Bonchev–Trinajstić information content (AvgIpc) is 2.28. The van der Waals surface area contributed by atoms with Crippen LogP contribution in [0.4, 0.5) is 0 Å². The first-order chi connectivity index (χ1) is 7.69. The van der Waals surface area contributed by atoms with Gasteiger partial charge in [-0.1, -0.05) is 0 Å². The highest BCUT2D eigenvalue weighted by Crippen LogP contribution is 2.25. The summed E-state index contributed by atoms with van der Waals surface area (Å²) in [4.78, 5) is 0. The van der Waals surface area contributed by atoms with Crippen LogP contribution in [0.25, 0.3) is 0 Å². The van der Waals surface area contributed by atoms with Gasteiger partial charge in [0.1, 0.15) is 24.4 Å². The molecule has 1 saturated heterocycles. The average molecular weight is 236 g/mol. The zero-order chi connectivity index (χ0) is 12.1. The summed E-state index contributed by atoms with van der Waals surface area (Å²) < 4.78 is 26.1. The molecule has 0 aromatic heterocycles. The van der Waals surface area contributed by atoms with Gasteiger partial charge in [0.15, 0.2) is 6.29 Å². The Morgan fingerprint density at radius 1 is 0.938 bits per heavy atom. The van der Waals surface area contributed by atoms with Crippen LogP contribution in [0.5, 0.6) is 0 Å². The molecule has 0 aliphatic carbocycles. The van der Waals surface area contributed by atoms with Crippen molar-refractivity contribution in [2.24, 2.45) is 0 Å². The van der Waals surface area contributed by atoms with E-state index in [1.165, 1.54) is 7.11 Å². The highest BCUT2D eigenvalue weighted by molar-refractivity contribution is 4.91. The molecule has 1 N–H and O–H groups in total. The lowest BCUT2D eigenvalue weighted by atomic mass is 9.98. The predicted molar refractivity (Wildman–Crippen MR) is 55.1 cm³/mol. The first kappa shape index (κ1) is 13.8. The molecule has 3 unspecified atom stereocenters. The molecule has 0 saturated carbocycles. The van der Waals surface area contributed by atoms with Gasteiger partial charge in [0.2, 0.25) is 0 Å². The summed E-state index contributed by atoms with van der Waals surface area (Å²) in [6.07, 6.45) is -2.71. The number of aliphatic hydroxyl groups is 1. The van der Waals surface area contributed by atoms with Crippen LogP contribution in [0, 0.1) is 0 Å². The van der Waals surface area contributed by atoms with E-state index in [1.54, 1.807) is 21.3 Å². The van der Waals surface area contributed by atoms with Crippen LogP contribution in [0.15, 0.2) is 0 Å². The van der Waals surface area contributed by atoms with Gasteiger partial charge in [0.25, 0.3) is 0 Å². The molecule has 5 atom stereocenters. The van der Waals surface area contributed by atoms with E-state index in [1.807, 2.05) is 0 Å². The Balaban J connectivity index is 2.78. The monoisotopic (exact) mass is 236 g/mol. The molecule has 0 aromatic carbocycles. The Morgan fingerprint density at radius 3 is 1.94 bits per heavy atom. The van der Waals surface area contributed by atoms with Gasteiger partial charge in [0.05, 0.1) is 6.61 Å². The molecule has 1 aliphatic rings. The van der Waals surface area contributed by atoms with Gasteiger partial charge in [0, 0.05) is 28.4 Å². The fourth-order valence-corrected chi connectivity index (χ4v) is 2.00. The summed E-state index contributed by atoms with van der Waals surface area (Å²) in [5, 5.41) is 9.74. The second kappa shape index (κ2) is 6.48. The van der Waals surface area contributed by atoms with Gasteiger partial charge in [-0.25, -0.2) is 0 Å². The number of hydrogen-bond donors (Lipinski definition) is 1. The minimum Gasteiger partial charge on any atom is -0.382 e. The highest BCUT2D eigenvalue weighted by Gasteiger charge is 2.46. The van der Waals surface area contributed by atoms with Crippen LogP contribution in [-0.2, 0) is 23.7 Å². The Hall–Kier alpha value is -0.240. The minimum absolute atomic E-state index is 0.325. The second-order valence-corrected chi connectivity index (χ2v) is 3.62. The molecule has 0 radical (unpaired) electrons. The molecule has 6 heteroatoms. The van der Waals surface area contributed by atoms with Crippen molar-refractivity contribution in [3.05, 3.63) is 0 Å². The molecule has 0 amide bonds. The first-order valence-corrected chi connectivity index (χ1v) is 5.10. The van der Waals surface area contributed by atoms with Gasteiger partial charge in [-0.3, -0.25) is 0 Å². The maximum absolute atomic E-state index is 9.74. The van der Waals surface area contributed by atoms with Crippen LogP contribution < -0.4 is 0 Å². The maximum atomic E-state index is 9.74. The third-order valence-corrected chi connectivity index (χ3v) is 2.76. The van der Waals surface area contributed by atoms with Crippen LogP contribution in [-0.4, -0.2) is 70.9 Å². The molecular formula is C10H20O6. The van der Waals surface area contributed by atoms with E-state index in [9.17, 15) is 5.11 Å². The summed E-state index contributed by atoms with van der Waals surface area (Å²) in [6, 6.07) is 0. The quantitative estimate of drug-likeness (QED) is 0.687. The lowest BCUT2D eigenvalue weighted by Gasteiger charge is -2.42. The van der Waals surface area contributed by atoms with Crippen LogP contribution >= 0.6 is 0 Å². The number of ether oxygens (including phenoxy) is 5. The molecule has 96 valence electrons. The molecular weight excluding hydrogens is 216 g/mol. The zero-order valence-electron chi connectivity index (χ0n) is 10.1. The van der Waals surface area contributed by atoms with Crippen molar-refractivity contribution in [1.29, 1.82) is 0 Å². The Labute approximate surface area is 95.4 Å². The second-order valence-electron chi connectivity index (χ2n) is 3.62. The van der Waals surface area contributed by atoms with Gasteiger partial charge in [-0.15, -0.1) is 0 Å². The molecule has 0 spiro atoms. The summed E-state index contributed by atoms with van der Waals surface area (Å²) >= 11 is 0. The molecule has 1 rings (SSSR count). The van der Waals surface area contributed by atoms with Crippen molar-refractivity contribution in [2.45, 2.75) is 30.7 Å². The fourth-order valence-electron chi connectivity index (χ4n) is 2.00. The fraction of sp³-hybridized carbons (Fsp3) is 1.00. The van der Waals surface area contributed by atoms with Crippen molar-refractivity contribution < 1.29 is 28.8 Å². The van der Waals surface area contributed by atoms with E-state index in [0.717, 1.165) is 0 Å². The maximum Gasteiger partial charge on any atom is 0.184 e. The summed E-state index contributed by atoms with van der Waals surface area (Å²) in [5.74, 6) is 0. The number of rotatable bonds is 5. The Kier molecular flexibility index (Phi) is 5.60. The van der Waals surface area contributed by atoms with Crippen molar-refractivity contribution in [3.8, 4) is 0 Å². The van der Waals surface area contributed by atoms with Crippen molar-refractivity contribution in [2.75, 3.05) is 35.0 Å². The number of methoxy groups -OCH3 is 4. The molecule has 1 heterocycles. The van der Waals surface area contributed by atoms with E-state index < -0.39 is 12.4 Å². The standard InChI is InChI=1S/C10H20O6/c1-12-5-6-7(13-2)8(14-3)9(15-4)10(11)16-6/h6-11H,5H2,1-4H3/t6?,7-,8?,9?,10+/m0/s1. The molecule has 16 heavy (non-hydrogen) atoms. The molecule has 6 nitrogen and oxygen atoms in total. The Bertz CT molecular complexity index is 200. The van der Waals surface area contributed by atoms with Crippen molar-refractivity contribution in [1.82, 2.24) is 0 Å². The van der Waals surface area contributed by atoms with Crippen molar-refractivity contribution in [3.63, 3.8) is 0 Å². The first-order valence-electron chi connectivity index (χ1n) is 5.10. The van der Waals surface area contributed by atoms with E-state index >= 15 is 0 Å². The lowest BCUT2D eigenvalue weighted by Crippen LogP contribution is -2.60. The van der Waals surface area contributed by atoms with Crippen LogP contribution in [0.3, 0.4) is 0 Å². The van der Waals surface area contributed by atoms with E-state index in [4.69, 9.17) is 23.7 Å². The SMILES string of the molecule is COCC1O[C@@H](O)C(OC)C(OC)[C@H]1OC. The van der Waals surface area contributed by atoms with Crippen LogP contribution in [0.1, 0.15) is 0 Å². The largest absolute Gasteiger partial charge is 0.382 e. The van der Waals surface area contributed by atoms with Gasteiger partial charge in [-0.05, 0) is 0 Å². The van der Waals surface area contributed by atoms with Crippen LogP contribution in [0.2, 0.25) is 0 Å². The summed E-state index contributed by atoms with van der Waals surface area (Å²) in [6.45, 7) is 0.325. The van der Waals surface area contributed by atoms with Crippen molar-refractivity contribution >= 4 is 0 Å². The van der Waals surface area contributed by atoms with E-state index in [2.05, 4.69) is 0 Å². The number of hydrogen-bond acceptors (Lipinski definition) is 6. The van der Waals surface area contributed by atoms with E-state index in [0.29, 0.717) is 6.61 Å². The topological polar surface area (TPSA) is 66.4 Å². The smallest absolute Gasteiger partial charge is 0.184 e. The van der Waals surface area contributed by atoms with Gasteiger partial charge < -0.3 is 28.8 Å². The summed E-state index contributed by atoms with van der Waals surface area (Å²) in [5.41, 5.74) is 0. The molecule has 0 bridgehead atoms. The molecule has 1 aliphatic heterocycles. The van der Waals surface area contributed by atoms with Gasteiger partial charge in [-0.2, -0.15) is 0 Å². The minimum atomic E-state index is -1.04. The third kappa shape index (κ3) is 2.71. The van der Waals surface area contributed by atoms with E-state index in [-0.39, 0.29) is 18.3 Å². The number of aliphatic hydroxyl groups excluding tert-OH is 1. The Morgan fingerprint density at radius 2 is 1.50 bits per heavy atom. The predicted octanol–water partition coefficient (Wildman–Crippen LogP) is -0.605. The normalized spacial score (nSPS) is 39.9. The summed E-state index contributed by atoms with van der Waals surface area (Å²) in [7, 11) is 6.16. The molecule has 0 aromatic rings. The zero-order valence-corrected chi connectivity index (χ0v) is 10.1.